The van der Waals surface area contributed by atoms with E-state index in [0.29, 0.717) is 0 Å². The van der Waals surface area contributed by atoms with Gasteiger partial charge in [-0.1, -0.05) is 25.8 Å². The highest BCUT2D eigenvalue weighted by Gasteiger charge is 2.49. The van der Waals surface area contributed by atoms with Crippen LogP contribution in [0.4, 0.5) is 0 Å². The van der Waals surface area contributed by atoms with E-state index >= 15 is 0 Å². The maximum Gasteiger partial charge on any atom is 0.332 e. The molecule has 0 radical (unpaired) electrons. The Balaban J connectivity index is 3.18. The molecular weight excluding hydrogens is 360 g/mol. The largest absolute Gasteiger partial charge is 0.453 e. The molecule has 0 aromatic carbocycles. The number of hydrogen-bond acceptors (Lipinski definition) is 9. The molecule has 1 rings (SSSR count). The number of carbonyl (C=O) groups excluding carboxylic acids is 4. The smallest absolute Gasteiger partial charge is 0.332 e. The van der Waals surface area contributed by atoms with Crippen LogP contribution in [0.5, 0.6) is 0 Å². The Kier molecular flexibility index (Phi) is 8.67. The van der Waals surface area contributed by atoms with Crippen LogP contribution in [0.25, 0.3) is 0 Å². The van der Waals surface area contributed by atoms with E-state index in [2.05, 4.69) is 26.3 Å². The van der Waals surface area contributed by atoms with Gasteiger partial charge in [0.25, 0.3) is 0 Å². The summed E-state index contributed by atoms with van der Waals surface area (Å²) in [5.74, 6) is -3.31. The summed E-state index contributed by atoms with van der Waals surface area (Å²) < 4.78 is 25.8. The maximum atomic E-state index is 11.9. The van der Waals surface area contributed by atoms with Crippen molar-refractivity contribution < 1.29 is 42.9 Å². The number of carbonyl (C=O) groups is 4. The Labute approximate surface area is 155 Å². The second-order valence-electron chi connectivity index (χ2n) is 5.08. The van der Waals surface area contributed by atoms with Crippen LogP contribution in [-0.4, -0.2) is 55.1 Å². The zero-order valence-electron chi connectivity index (χ0n) is 14.5. The van der Waals surface area contributed by atoms with E-state index in [1.807, 2.05) is 0 Å². The monoisotopic (exact) mass is 380 g/mol. The molecule has 1 saturated heterocycles. The molecule has 0 spiro atoms. The molecule has 0 aromatic heterocycles. The van der Waals surface area contributed by atoms with Gasteiger partial charge < -0.3 is 23.7 Å². The first kappa shape index (κ1) is 21.8. The van der Waals surface area contributed by atoms with Crippen molar-refractivity contribution in [2.24, 2.45) is 0 Å². The highest BCUT2D eigenvalue weighted by molar-refractivity contribution is 5.83. The van der Waals surface area contributed by atoms with Crippen molar-refractivity contribution in [1.29, 1.82) is 0 Å². The Hall–Kier alpha value is -3.20. The van der Waals surface area contributed by atoms with Crippen molar-refractivity contribution in [3.05, 3.63) is 50.6 Å². The summed E-state index contributed by atoms with van der Waals surface area (Å²) in [6.45, 7) is 12.9. The average Bonchev–Trinajstić information content (AvgIpc) is 2.65. The van der Waals surface area contributed by atoms with Crippen molar-refractivity contribution in [3.8, 4) is 0 Å². The predicted molar refractivity (Wildman–Crippen MR) is 90.9 cm³/mol. The molecular formula is C18H20O9. The van der Waals surface area contributed by atoms with Gasteiger partial charge in [0.05, 0.1) is 13.0 Å². The van der Waals surface area contributed by atoms with Gasteiger partial charge in [-0.25, -0.2) is 14.4 Å². The third kappa shape index (κ3) is 6.55. The zero-order chi connectivity index (χ0) is 20.4. The number of hydrogen-bond donors (Lipinski definition) is 0. The Morgan fingerprint density at radius 3 is 1.93 bits per heavy atom. The van der Waals surface area contributed by atoms with Crippen molar-refractivity contribution in [2.45, 2.75) is 31.0 Å². The first-order valence-electron chi connectivity index (χ1n) is 7.77. The summed E-state index contributed by atoms with van der Waals surface area (Å²) >= 11 is 0. The summed E-state index contributed by atoms with van der Waals surface area (Å²) in [5.41, 5.74) is 0. The molecule has 1 aliphatic heterocycles. The molecule has 1 aliphatic rings. The standard InChI is InChI=1S/C18H20O9/c1-5-9-15(22)26-17-16(25-13(20)7-3)11(24-12(19)6-2)10-23-18(17)27-14(21)8-4/h5-8,11,16-18H,1-4,9-10H2/t11-,16-,17?,18?/m1/s1. The topological polar surface area (TPSA) is 114 Å². The van der Waals surface area contributed by atoms with Crippen LogP contribution in [0.3, 0.4) is 0 Å². The minimum atomic E-state index is -1.43. The lowest BCUT2D eigenvalue weighted by molar-refractivity contribution is -0.272. The zero-order valence-corrected chi connectivity index (χ0v) is 14.5. The molecule has 9 heteroatoms. The van der Waals surface area contributed by atoms with Crippen LogP contribution in [0.2, 0.25) is 0 Å². The first-order chi connectivity index (χ1) is 12.9. The summed E-state index contributed by atoms with van der Waals surface area (Å²) in [6.07, 6.45) is -1.56. The van der Waals surface area contributed by atoms with Gasteiger partial charge in [-0.05, 0) is 0 Å². The summed E-state index contributed by atoms with van der Waals surface area (Å²) in [4.78, 5) is 46.7. The third-order valence-electron chi connectivity index (χ3n) is 3.21. The van der Waals surface area contributed by atoms with Gasteiger partial charge in [0.1, 0.15) is 0 Å². The van der Waals surface area contributed by atoms with Gasteiger partial charge in [0.15, 0.2) is 12.2 Å². The third-order valence-corrected chi connectivity index (χ3v) is 3.21. The number of ether oxygens (including phenoxy) is 5. The van der Waals surface area contributed by atoms with Crippen molar-refractivity contribution in [1.82, 2.24) is 0 Å². The molecule has 27 heavy (non-hydrogen) atoms. The highest BCUT2D eigenvalue weighted by Crippen LogP contribution is 2.26. The van der Waals surface area contributed by atoms with Crippen LogP contribution < -0.4 is 0 Å². The molecule has 0 saturated carbocycles. The van der Waals surface area contributed by atoms with Crippen LogP contribution in [-0.2, 0) is 42.9 Å². The van der Waals surface area contributed by atoms with E-state index in [9.17, 15) is 19.2 Å². The lowest BCUT2D eigenvalue weighted by Crippen LogP contribution is -2.58. The SMILES string of the molecule is C=CCC(=O)OC1C(OC(=O)C=C)OC[C@@H](OC(=O)C=C)[C@H]1OC(=O)C=C. The average molecular weight is 380 g/mol. The minimum Gasteiger partial charge on any atom is -0.453 e. The van der Waals surface area contributed by atoms with Gasteiger partial charge in [-0.15, -0.1) is 6.58 Å². The second-order valence-corrected chi connectivity index (χ2v) is 5.08. The molecule has 0 aliphatic carbocycles. The van der Waals surface area contributed by atoms with E-state index in [-0.39, 0.29) is 13.0 Å². The number of rotatable bonds is 9. The van der Waals surface area contributed by atoms with E-state index < -0.39 is 48.5 Å². The van der Waals surface area contributed by atoms with Crippen LogP contribution >= 0.6 is 0 Å². The van der Waals surface area contributed by atoms with Gasteiger partial charge in [-0.2, -0.15) is 0 Å². The highest BCUT2D eigenvalue weighted by atomic mass is 16.7. The molecule has 1 heterocycles. The quantitative estimate of drug-likeness (QED) is 0.247. The van der Waals surface area contributed by atoms with Gasteiger partial charge >= 0.3 is 23.9 Å². The minimum absolute atomic E-state index is 0.169. The molecule has 2 unspecified atom stereocenters. The molecule has 0 amide bonds. The van der Waals surface area contributed by atoms with E-state index in [0.717, 1.165) is 18.2 Å². The predicted octanol–water partition coefficient (Wildman–Crippen LogP) is 0.755. The lowest BCUT2D eigenvalue weighted by Gasteiger charge is -2.39. The van der Waals surface area contributed by atoms with Gasteiger partial charge in [0, 0.05) is 18.2 Å². The molecule has 0 aromatic rings. The normalized spacial score (nSPS) is 23.9. The van der Waals surface area contributed by atoms with Gasteiger partial charge in [0.2, 0.25) is 12.4 Å². The fourth-order valence-electron chi connectivity index (χ4n) is 2.07. The van der Waals surface area contributed by atoms with Gasteiger partial charge in [-0.3, -0.25) is 4.79 Å². The van der Waals surface area contributed by atoms with Crippen LogP contribution in [0.1, 0.15) is 6.42 Å². The Morgan fingerprint density at radius 2 is 1.37 bits per heavy atom. The fraction of sp³-hybridized carbons (Fsp3) is 0.333. The van der Waals surface area contributed by atoms with Crippen molar-refractivity contribution in [3.63, 3.8) is 0 Å². The first-order valence-corrected chi connectivity index (χ1v) is 7.77. The molecule has 146 valence electrons. The Morgan fingerprint density at radius 1 is 0.815 bits per heavy atom. The second kappa shape index (κ2) is 10.7. The Bertz CT molecular complexity index is 637. The maximum absolute atomic E-state index is 11.9. The lowest BCUT2D eigenvalue weighted by atomic mass is 10.0. The van der Waals surface area contributed by atoms with Crippen LogP contribution in [0, 0.1) is 0 Å². The van der Waals surface area contributed by atoms with Crippen molar-refractivity contribution >= 4 is 23.9 Å². The van der Waals surface area contributed by atoms with Crippen LogP contribution in [0.15, 0.2) is 50.6 Å². The number of esters is 4. The van der Waals surface area contributed by atoms with E-state index in [4.69, 9.17) is 23.7 Å². The summed E-state index contributed by atoms with van der Waals surface area (Å²) in [6, 6.07) is 0. The fourth-order valence-corrected chi connectivity index (χ4v) is 2.07. The molecule has 4 atom stereocenters. The van der Waals surface area contributed by atoms with E-state index in [1.54, 1.807) is 0 Å². The molecule has 1 fully saturated rings. The summed E-state index contributed by atoms with van der Waals surface area (Å²) in [5, 5.41) is 0. The van der Waals surface area contributed by atoms with E-state index in [1.165, 1.54) is 6.08 Å². The summed E-state index contributed by atoms with van der Waals surface area (Å²) in [7, 11) is 0. The molecule has 9 nitrogen and oxygen atoms in total. The van der Waals surface area contributed by atoms with Crippen molar-refractivity contribution in [2.75, 3.05) is 6.61 Å². The molecule has 0 bridgehead atoms. The molecule has 0 N–H and O–H groups in total.